The normalized spacial score (nSPS) is 20.2. The Morgan fingerprint density at radius 3 is 2.74 bits per heavy atom. The zero-order chi connectivity index (χ0) is 22.1. The van der Waals surface area contributed by atoms with Gasteiger partial charge < -0.3 is 14.4 Å². The van der Waals surface area contributed by atoms with Gasteiger partial charge in [0.25, 0.3) is 0 Å². The molecule has 0 aromatic carbocycles. The first-order valence-corrected chi connectivity index (χ1v) is 9.76. The summed E-state index contributed by atoms with van der Waals surface area (Å²) in [6.45, 7) is 1.73. The second-order valence-electron chi connectivity index (χ2n) is 7.67. The fourth-order valence-electron chi connectivity index (χ4n) is 3.06. The van der Waals surface area contributed by atoms with E-state index in [1.165, 1.54) is 41.7 Å². The van der Waals surface area contributed by atoms with Gasteiger partial charge >= 0.3 is 6.18 Å². The summed E-state index contributed by atoms with van der Waals surface area (Å²) in [5.41, 5.74) is 0.319. The number of nitrogens with zero attached hydrogens (tertiary/aromatic N) is 4. The van der Waals surface area contributed by atoms with Crippen LogP contribution in [0.2, 0.25) is 0 Å². The Hall–Kier alpha value is -2.95. The van der Waals surface area contributed by atoms with E-state index in [4.69, 9.17) is 9.47 Å². The van der Waals surface area contributed by atoms with Crippen LogP contribution in [0.5, 0.6) is 5.75 Å². The molecule has 0 radical (unpaired) electrons. The van der Waals surface area contributed by atoms with Crippen molar-refractivity contribution in [1.82, 2.24) is 20.2 Å². The molecule has 1 aliphatic carbocycles. The van der Waals surface area contributed by atoms with Gasteiger partial charge in [0.05, 0.1) is 18.8 Å². The first kappa shape index (κ1) is 21.3. The van der Waals surface area contributed by atoms with Crippen LogP contribution in [-0.2, 0) is 4.74 Å². The van der Waals surface area contributed by atoms with Crippen molar-refractivity contribution in [2.45, 2.75) is 37.6 Å². The van der Waals surface area contributed by atoms with Gasteiger partial charge in [0, 0.05) is 18.8 Å². The maximum absolute atomic E-state index is 14.4. The van der Waals surface area contributed by atoms with E-state index in [1.807, 2.05) is 6.92 Å². The Morgan fingerprint density at radius 1 is 1.19 bits per heavy atom. The van der Waals surface area contributed by atoms with Gasteiger partial charge in [-0.3, -0.25) is 5.10 Å². The Labute approximate surface area is 175 Å². The topological polar surface area (TPSA) is 76.2 Å². The Bertz CT molecular complexity index is 992. The zero-order valence-electron chi connectivity index (χ0n) is 16.7. The van der Waals surface area contributed by atoms with E-state index in [1.54, 1.807) is 0 Å². The molecule has 3 heterocycles. The molecule has 2 aliphatic rings. The van der Waals surface area contributed by atoms with E-state index in [0.29, 0.717) is 17.2 Å². The fourth-order valence-corrected chi connectivity index (χ4v) is 3.06. The number of halogens is 4. The molecule has 166 valence electrons. The summed E-state index contributed by atoms with van der Waals surface area (Å²) in [4.78, 5) is 9.76. The second kappa shape index (κ2) is 8.29. The minimum atomic E-state index is -4.46. The summed E-state index contributed by atoms with van der Waals surface area (Å²) in [5.74, 6) is -0.163. The third-order valence-electron chi connectivity index (χ3n) is 5.10. The molecule has 1 atom stereocenters. The van der Waals surface area contributed by atoms with Crippen LogP contribution in [0.15, 0.2) is 36.8 Å². The van der Waals surface area contributed by atoms with Crippen LogP contribution in [0.25, 0.3) is 11.4 Å². The molecule has 1 unspecified atom stereocenters. The molecule has 7 nitrogen and oxygen atoms in total. The minimum Gasteiger partial charge on any atom is -0.484 e. The largest absolute Gasteiger partial charge is 0.484 e. The summed E-state index contributed by atoms with van der Waals surface area (Å²) >= 11 is 0. The number of hydrogen-bond donors (Lipinski definition) is 1. The summed E-state index contributed by atoms with van der Waals surface area (Å²) in [6.07, 6.45) is -2.09. The molecule has 0 amide bonds. The van der Waals surface area contributed by atoms with Crippen LogP contribution >= 0.6 is 0 Å². The maximum Gasteiger partial charge on any atom is 0.416 e. The molecule has 11 heteroatoms. The molecule has 2 fully saturated rings. The number of alkyl halides is 3. The molecule has 1 aliphatic heterocycles. The van der Waals surface area contributed by atoms with Crippen LogP contribution in [0.4, 0.5) is 23.4 Å². The lowest BCUT2D eigenvalue weighted by atomic mass is 10.2. The number of aromatic nitrogens is 4. The molecular weight excluding hydrogens is 418 g/mol. The van der Waals surface area contributed by atoms with E-state index in [9.17, 15) is 17.6 Å². The summed E-state index contributed by atoms with van der Waals surface area (Å²) in [6, 6.07) is 5.73. The standard InChI is InChI=1S/C20H21F4N5O2/c1-19(5-6-19)31-16-3-2-14(28-27-7-4-13(16)21)15-10-18(26-12-25-15)29-8-9-30-17(11-29)20(22,23)24/h2-4,7,10,12,17,27H,5-6,8-9,11H2,1H3. The smallest absolute Gasteiger partial charge is 0.416 e. The molecule has 0 spiro atoms. The highest BCUT2D eigenvalue weighted by Gasteiger charge is 2.43. The predicted molar refractivity (Wildman–Crippen MR) is 103 cm³/mol. The number of aromatic amines is 1. The second-order valence-corrected chi connectivity index (χ2v) is 7.67. The fraction of sp³-hybridized carbons (Fsp3) is 0.450. The van der Waals surface area contributed by atoms with Gasteiger partial charge in [-0.05, 0) is 38.0 Å². The molecule has 31 heavy (non-hydrogen) atoms. The molecular formula is C20H21F4N5O2. The van der Waals surface area contributed by atoms with Crippen molar-refractivity contribution in [3.05, 3.63) is 42.6 Å². The van der Waals surface area contributed by atoms with Crippen LogP contribution in [-0.4, -0.2) is 57.7 Å². The van der Waals surface area contributed by atoms with Crippen LogP contribution in [0.1, 0.15) is 19.8 Å². The van der Waals surface area contributed by atoms with Gasteiger partial charge in [-0.25, -0.2) is 14.4 Å². The van der Waals surface area contributed by atoms with E-state index in [0.717, 1.165) is 12.8 Å². The number of anilines is 1. The van der Waals surface area contributed by atoms with Crippen LogP contribution < -0.4 is 9.64 Å². The minimum absolute atomic E-state index is 0.0692. The first-order chi connectivity index (χ1) is 14.7. The average molecular weight is 439 g/mol. The van der Waals surface area contributed by atoms with Gasteiger partial charge in [0.15, 0.2) is 17.7 Å². The van der Waals surface area contributed by atoms with Gasteiger partial charge in [-0.15, -0.1) is 0 Å². The van der Waals surface area contributed by atoms with Crippen LogP contribution in [0.3, 0.4) is 0 Å². The molecule has 1 N–H and O–H groups in total. The maximum atomic E-state index is 14.4. The van der Waals surface area contributed by atoms with E-state index < -0.39 is 18.1 Å². The molecule has 2 aromatic rings. The van der Waals surface area contributed by atoms with Gasteiger partial charge in [0.1, 0.15) is 23.4 Å². The molecule has 1 saturated heterocycles. The quantitative estimate of drug-likeness (QED) is 0.730. The van der Waals surface area contributed by atoms with Crippen molar-refractivity contribution in [2.24, 2.45) is 0 Å². The lowest BCUT2D eigenvalue weighted by molar-refractivity contribution is -0.221. The lowest BCUT2D eigenvalue weighted by Gasteiger charge is -2.34. The van der Waals surface area contributed by atoms with E-state index in [2.05, 4.69) is 20.2 Å². The number of morpholine rings is 1. The predicted octanol–water partition coefficient (Wildman–Crippen LogP) is 3.83. The van der Waals surface area contributed by atoms with Gasteiger partial charge in [-0.2, -0.15) is 18.3 Å². The third kappa shape index (κ3) is 5.22. The molecule has 2 aromatic heterocycles. The summed E-state index contributed by atoms with van der Waals surface area (Å²) in [7, 11) is 0. The average Bonchev–Trinajstić information content (AvgIpc) is 3.46. The number of H-pyrrole nitrogens is 1. The Morgan fingerprint density at radius 2 is 2.00 bits per heavy atom. The van der Waals surface area contributed by atoms with E-state index in [-0.39, 0.29) is 31.0 Å². The van der Waals surface area contributed by atoms with E-state index >= 15 is 0 Å². The highest BCUT2D eigenvalue weighted by atomic mass is 19.4. The van der Waals surface area contributed by atoms with Gasteiger partial charge in [-0.1, -0.05) is 0 Å². The Balaban J connectivity index is 1.64. The number of hydrogen-bond acceptors (Lipinski definition) is 6. The van der Waals surface area contributed by atoms with Crippen molar-refractivity contribution >= 4 is 5.82 Å². The SMILES string of the molecule is CC1(Oc2ccc(-c3cc(N4CCOC(C(F)(F)F)C4)ncn3)n[nH]ccc2F)CC1. The van der Waals surface area contributed by atoms with Crippen molar-refractivity contribution in [1.29, 1.82) is 0 Å². The van der Waals surface area contributed by atoms with Crippen molar-refractivity contribution in [3.8, 4) is 17.1 Å². The van der Waals surface area contributed by atoms with Crippen molar-refractivity contribution in [3.63, 3.8) is 0 Å². The number of ether oxygens (including phenoxy) is 2. The zero-order valence-corrected chi connectivity index (χ0v) is 16.7. The summed E-state index contributed by atoms with van der Waals surface area (Å²) in [5, 5.41) is 6.78. The monoisotopic (exact) mass is 439 g/mol. The summed E-state index contributed by atoms with van der Waals surface area (Å²) < 4.78 is 64.1. The number of nitrogens with one attached hydrogen (secondary N) is 1. The number of rotatable bonds is 4. The Kier molecular flexibility index (Phi) is 5.69. The first-order valence-electron chi connectivity index (χ1n) is 9.76. The van der Waals surface area contributed by atoms with Crippen molar-refractivity contribution in [2.75, 3.05) is 24.6 Å². The molecule has 0 bridgehead atoms. The van der Waals surface area contributed by atoms with Crippen LogP contribution in [0, 0.1) is 5.82 Å². The third-order valence-corrected chi connectivity index (χ3v) is 5.10. The molecule has 4 rings (SSSR count). The molecule has 1 saturated carbocycles. The van der Waals surface area contributed by atoms with Gasteiger partial charge in [0.2, 0.25) is 0 Å². The highest BCUT2D eigenvalue weighted by Crippen LogP contribution is 2.40. The highest BCUT2D eigenvalue weighted by molar-refractivity contribution is 5.58. The van der Waals surface area contributed by atoms with Crippen molar-refractivity contribution < 1.29 is 27.0 Å². The lowest BCUT2D eigenvalue weighted by Crippen LogP contribution is -2.49.